The molecule has 0 aliphatic rings. The van der Waals surface area contributed by atoms with Gasteiger partial charge in [0.2, 0.25) is 8.32 Å². The van der Waals surface area contributed by atoms with Gasteiger partial charge in [0.05, 0.1) is 0 Å². The maximum absolute atomic E-state index is 6.05. The summed E-state index contributed by atoms with van der Waals surface area (Å²) in [6.45, 7) is 11.2. The molecule has 0 aliphatic heterocycles. The third-order valence-corrected chi connectivity index (χ3v) is 3.87. The van der Waals surface area contributed by atoms with E-state index in [0.717, 1.165) is 10.8 Å². The second kappa shape index (κ2) is 9.17. The fraction of sp³-hybridized carbons (Fsp3) is 0.846. The molecule has 0 aliphatic carbocycles. The van der Waals surface area contributed by atoms with E-state index in [1.165, 1.54) is 32.1 Å². The zero-order chi connectivity index (χ0) is 12.4. The van der Waals surface area contributed by atoms with Gasteiger partial charge in [-0.1, -0.05) is 44.9 Å². The maximum atomic E-state index is 6.05. The first-order valence-corrected chi connectivity index (χ1v) is 10.9. The average molecular weight is 261 g/mol. The van der Waals surface area contributed by atoms with Gasteiger partial charge in [-0.25, -0.2) is 0 Å². The zero-order valence-corrected chi connectivity index (χ0v) is 13.5. The fourth-order valence-electron chi connectivity index (χ4n) is 1.37. The molecule has 0 aromatic carbocycles. The van der Waals surface area contributed by atoms with Crippen molar-refractivity contribution >= 4 is 20.1 Å². The number of unbranched alkanes of at least 4 members (excludes halogenated alkanes) is 4. The van der Waals surface area contributed by atoms with Crippen LogP contribution in [-0.4, -0.2) is 14.1 Å². The highest BCUT2D eigenvalue weighted by Crippen LogP contribution is 2.22. The first-order valence-electron chi connectivity index (χ1n) is 6.51. The van der Waals surface area contributed by atoms with Gasteiger partial charge in [-0.2, -0.15) is 0 Å². The Kier molecular flexibility index (Phi) is 9.23. The molecule has 0 N–H and O–H groups in total. The predicted molar refractivity (Wildman–Crippen MR) is 79.4 cm³/mol. The average Bonchev–Trinajstić information content (AvgIpc) is 2.15. The van der Waals surface area contributed by atoms with Crippen molar-refractivity contribution in [2.45, 2.75) is 65.6 Å². The summed E-state index contributed by atoms with van der Waals surface area (Å²) in [6, 6.07) is 0. The van der Waals surface area contributed by atoms with E-state index in [0.29, 0.717) is 0 Å². The summed E-state index contributed by atoms with van der Waals surface area (Å²) < 4.78 is 6.05. The largest absolute Gasteiger partial charge is 0.540 e. The van der Waals surface area contributed by atoms with Crippen LogP contribution in [0.1, 0.15) is 46.0 Å². The Morgan fingerprint density at radius 2 is 1.81 bits per heavy atom. The molecule has 0 saturated carbocycles. The highest BCUT2D eigenvalue weighted by Gasteiger charge is 2.17. The van der Waals surface area contributed by atoms with Gasteiger partial charge < -0.3 is 4.43 Å². The zero-order valence-electron chi connectivity index (χ0n) is 11.6. The molecule has 0 atom stereocenters. The Balaban J connectivity index is 3.94. The number of hydrogen-bond acceptors (Lipinski definition) is 2. The highest BCUT2D eigenvalue weighted by molar-refractivity contribution is 8.02. The number of allylic oxidation sites excluding steroid dienone is 1. The van der Waals surface area contributed by atoms with Crippen molar-refractivity contribution < 1.29 is 4.43 Å². The molecule has 0 radical (unpaired) electrons. The Bertz CT molecular complexity index is 197. The first kappa shape index (κ1) is 16.1. The van der Waals surface area contributed by atoms with Crippen molar-refractivity contribution in [1.82, 2.24) is 0 Å². The molecular weight excluding hydrogens is 232 g/mol. The van der Waals surface area contributed by atoms with Gasteiger partial charge in [0.25, 0.3) is 0 Å². The second-order valence-electron chi connectivity index (χ2n) is 5.02. The van der Waals surface area contributed by atoms with E-state index >= 15 is 0 Å². The van der Waals surface area contributed by atoms with Gasteiger partial charge >= 0.3 is 0 Å². The normalized spacial score (nSPS) is 12.9. The van der Waals surface area contributed by atoms with E-state index in [4.69, 9.17) is 4.43 Å². The van der Waals surface area contributed by atoms with E-state index < -0.39 is 8.32 Å². The van der Waals surface area contributed by atoms with Crippen molar-refractivity contribution in [3.05, 3.63) is 11.2 Å². The Hall–Kier alpha value is 0.107. The van der Waals surface area contributed by atoms with E-state index in [1.807, 2.05) is 11.8 Å². The molecule has 3 heteroatoms. The minimum absolute atomic E-state index is 1.10. The van der Waals surface area contributed by atoms with E-state index in [2.05, 4.69) is 39.6 Å². The topological polar surface area (TPSA) is 9.23 Å². The van der Waals surface area contributed by atoms with Crippen molar-refractivity contribution in [1.29, 1.82) is 0 Å². The molecule has 0 rings (SSSR count). The van der Waals surface area contributed by atoms with Gasteiger partial charge in [0, 0.05) is 0 Å². The van der Waals surface area contributed by atoms with E-state index in [9.17, 15) is 0 Å². The fourth-order valence-corrected chi connectivity index (χ4v) is 3.56. The highest BCUT2D eigenvalue weighted by atomic mass is 32.2. The smallest absolute Gasteiger partial charge is 0.242 e. The van der Waals surface area contributed by atoms with Crippen LogP contribution in [0.25, 0.3) is 0 Å². The van der Waals surface area contributed by atoms with Gasteiger partial charge in [0.15, 0.2) is 0 Å². The van der Waals surface area contributed by atoms with Gasteiger partial charge in [-0.3, -0.25) is 0 Å². The van der Waals surface area contributed by atoms with Crippen LogP contribution in [0.5, 0.6) is 0 Å². The molecule has 0 saturated heterocycles. The molecule has 0 aromatic rings. The third-order valence-electron chi connectivity index (χ3n) is 2.06. The maximum Gasteiger partial charge on any atom is 0.242 e. The molecule has 1 nitrogen and oxygen atoms in total. The lowest BCUT2D eigenvalue weighted by Gasteiger charge is -2.21. The summed E-state index contributed by atoms with van der Waals surface area (Å²) in [7, 11) is -1.42. The van der Waals surface area contributed by atoms with Gasteiger partial charge in [-0.15, -0.1) is 0 Å². The standard InChI is InChI=1S/C13H28OSSi/c1-6-8-9-10-11-12-13(15-7-2)14-16(3,4)5/h12H,6-11H2,1-5H3/b13-12-. The Morgan fingerprint density at radius 1 is 1.12 bits per heavy atom. The molecule has 16 heavy (non-hydrogen) atoms. The minimum Gasteiger partial charge on any atom is -0.540 e. The lowest BCUT2D eigenvalue weighted by molar-refractivity contribution is 0.460. The molecule has 0 bridgehead atoms. The molecule has 0 aromatic heterocycles. The Labute approximate surface area is 107 Å². The number of rotatable bonds is 9. The predicted octanol–water partition coefficient (Wildman–Crippen LogP) is 5.40. The first-order chi connectivity index (χ1) is 7.49. The summed E-state index contributed by atoms with van der Waals surface area (Å²) in [5.41, 5.74) is 0. The van der Waals surface area contributed by atoms with Crippen LogP contribution in [0.2, 0.25) is 19.6 Å². The quantitative estimate of drug-likeness (QED) is 0.312. The van der Waals surface area contributed by atoms with Gasteiger partial charge in [0.1, 0.15) is 5.09 Å². The van der Waals surface area contributed by atoms with Crippen LogP contribution in [0.15, 0.2) is 11.2 Å². The van der Waals surface area contributed by atoms with Crippen LogP contribution < -0.4 is 0 Å². The van der Waals surface area contributed by atoms with Crippen molar-refractivity contribution in [2.24, 2.45) is 0 Å². The third kappa shape index (κ3) is 10.6. The Morgan fingerprint density at radius 3 is 2.31 bits per heavy atom. The number of thioether (sulfide) groups is 1. The molecular formula is C13H28OSSi. The molecule has 0 heterocycles. The van der Waals surface area contributed by atoms with Crippen molar-refractivity contribution in [3.63, 3.8) is 0 Å². The second-order valence-corrected chi connectivity index (χ2v) is 10.7. The minimum atomic E-state index is -1.42. The van der Waals surface area contributed by atoms with Crippen molar-refractivity contribution in [3.8, 4) is 0 Å². The summed E-state index contributed by atoms with van der Waals surface area (Å²) in [5.74, 6) is 1.10. The lowest BCUT2D eigenvalue weighted by atomic mass is 10.1. The van der Waals surface area contributed by atoms with Crippen LogP contribution >= 0.6 is 11.8 Å². The molecule has 96 valence electrons. The van der Waals surface area contributed by atoms with E-state index in [-0.39, 0.29) is 0 Å². The number of hydrogen-bond donors (Lipinski definition) is 0. The van der Waals surface area contributed by atoms with Crippen molar-refractivity contribution in [2.75, 3.05) is 5.75 Å². The van der Waals surface area contributed by atoms with Gasteiger partial charge in [-0.05, 0) is 44.3 Å². The molecule has 0 spiro atoms. The van der Waals surface area contributed by atoms with Crippen LogP contribution in [-0.2, 0) is 4.43 Å². The lowest BCUT2D eigenvalue weighted by Crippen LogP contribution is -2.24. The van der Waals surface area contributed by atoms with Crippen LogP contribution in [0, 0.1) is 0 Å². The SMILES string of the molecule is CCCCCC/C=C(/O[Si](C)(C)C)SCC. The monoisotopic (exact) mass is 260 g/mol. The summed E-state index contributed by atoms with van der Waals surface area (Å²) in [6.07, 6.45) is 8.79. The van der Waals surface area contributed by atoms with Crippen LogP contribution in [0.3, 0.4) is 0 Å². The molecule has 0 fully saturated rings. The summed E-state index contributed by atoms with van der Waals surface area (Å²) in [4.78, 5) is 0. The molecule has 0 amide bonds. The molecule has 0 unspecified atom stereocenters. The van der Waals surface area contributed by atoms with Crippen LogP contribution in [0.4, 0.5) is 0 Å². The van der Waals surface area contributed by atoms with E-state index in [1.54, 1.807) is 0 Å². The summed E-state index contributed by atoms with van der Waals surface area (Å²) in [5, 5.41) is 1.16. The summed E-state index contributed by atoms with van der Waals surface area (Å²) >= 11 is 1.84.